The summed E-state index contributed by atoms with van der Waals surface area (Å²) in [4.78, 5) is 38.5. The van der Waals surface area contributed by atoms with Gasteiger partial charge in [0, 0.05) is 24.3 Å². The molecule has 0 spiro atoms. The second-order valence-corrected chi connectivity index (χ2v) is 19.0. The number of carbonyl (C=O) groups excluding carboxylic acids is 3. The number of hydrogen-bond acceptors (Lipinski definition) is 14. The number of aromatic nitrogens is 3. The molecular weight excluding hydrogens is 839 g/mol. The minimum absolute atomic E-state index is 0.00318. The van der Waals surface area contributed by atoms with Gasteiger partial charge in [-0.2, -0.15) is 11.8 Å². The molecule has 7 atom stereocenters. The standard InChI is InChI=1S/C48H89N5O10S/c1-3-5-7-9-11-13-15-17-19-21-23-25-27-29-31-42(55)61-35-38(62-43(56)32-30-28-26-24-22-20-18-16-14-12-10-8-6-4-2)36-64-37-39(49)47(60)50-41-33-53(52-51-41)48-46(59)45(58)44(57)40(34-54)63-48/h33,38-40,44-46,48,54,57-59H,3-32,34-37,49H2,1-2H3,(H,50,60)/t38-,39-,40?,44?,45?,46?,48+/m1/s1. The van der Waals surface area contributed by atoms with Gasteiger partial charge in [-0.3, -0.25) is 14.4 Å². The summed E-state index contributed by atoms with van der Waals surface area (Å²) in [6, 6.07) is -0.989. The largest absolute Gasteiger partial charge is 0.462 e. The van der Waals surface area contributed by atoms with Crippen LogP contribution in [0.5, 0.6) is 0 Å². The number of nitrogens with two attached hydrogens (primary N) is 1. The van der Waals surface area contributed by atoms with E-state index in [0.717, 1.165) is 43.2 Å². The lowest BCUT2D eigenvalue weighted by Crippen LogP contribution is -2.56. The molecule has 0 saturated carbocycles. The second-order valence-electron chi connectivity index (χ2n) is 17.9. The molecule has 1 saturated heterocycles. The molecule has 15 nitrogen and oxygen atoms in total. The SMILES string of the molecule is CCCCCCCCCCCCCCCCC(=O)OC[C@H](CSC[C@@H](N)C(=O)Nc1cn([C@H]2OC(CO)C(O)C(O)C2O)nn1)OC(=O)CCCCCCCCCCCCCCCC. The van der Waals surface area contributed by atoms with E-state index in [9.17, 15) is 34.8 Å². The molecule has 4 unspecified atom stereocenters. The fourth-order valence-corrected chi connectivity index (χ4v) is 8.90. The first-order valence-electron chi connectivity index (χ1n) is 25.3. The molecule has 64 heavy (non-hydrogen) atoms. The van der Waals surface area contributed by atoms with Gasteiger partial charge in [0.2, 0.25) is 5.91 Å². The fraction of sp³-hybridized carbons (Fsp3) is 0.896. The summed E-state index contributed by atoms with van der Waals surface area (Å²) in [5.74, 6) is -0.790. The highest BCUT2D eigenvalue weighted by Crippen LogP contribution is 2.28. The number of rotatable bonds is 41. The van der Waals surface area contributed by atoms with Gasteiger partial charge in [0.05, 0.1) is 18.8 Å². The van der Waals surface area contributed by atoms with Crippen LogP contribution in [-0.4, -0.2) is 115 Å². The predicted octanol–water partition coefficient (Wildman–Crippen LogP) is 8.45. The third-order valence-electron chi connectivity index (χ3n) is 12.0. The van der Waals surface area contributed by atoms with Crippen LogP contribution >= 0.6 is 11.8 Å². The highest BCUT2D eigenvalue weighted by molar-refractivity contribution is 7.99. The molecule has 0 aliphatic carbocycles. The molecule has 1 aliphatic rings. The summed E-state index contributed by atoms with van der Waals surface area (Å²) in [6.45, 7) is 3.83. The van der Waals surface area contributed by atoms with Crippen molar-refractivity contribution < 1.29 is 49.0 Å². The molecule has 2 rings (SSSR count). The molecule has 1 aromatic heterocycles. The Kier molecular flexibility index (Phi) is 34.1. The molecule has 0 bridgehead atoms. The van der Waals surface area contributed by atoms with Gasteiger partial charge in [-0.1, -0.05) is 186 Å². The number of aliphatic hydroxyl groups excluding tert-OH is 4. The summed E-state index contributed by atoms with van der Waals surface area (Å²) in [7, 11) is 0. The monoisotopic (exact) mass is 928 g/mol. The second kappa shape index (κ2) is 37.7. The third kappa shape index (κ3) is 26.7. The van der Waals surface area contributed by atoms with Crippen molar-refractivity contribution in [1.29, 1.82) is 0 Å². The van der Waals surface area contributed by atoms with Crippen molar-refractivity contribution in [3.8, 4) is 0 Å². The van der Waals surface area contributed by atoms with Gasteiger partial charge in [0.1, 0.15) is 37.1 Å². The lowest BCUT2D eigenvalue weighted by Gasteiger charge is -2.39. The fourth-order valence-electron chi connectivity index (χ4n) is 7.93. The van der Waals surface area contributed by atoms with Gasteiger partial charge >= 0.3 is 11.9 Å². The van der Waals surface area contributed by atoms with Crippen molar-refractivity contribution in [2.75, 3.05) is 30.0 Å². The van der Waals surface area contributed by atoms with Crippen LogP contribution in [0.4, 0.5) is 5.82 Å². The number of carbonyl (C=O) groups is 3. The average Bonchev–Trinajstić information content (AvgIpc) is 3.75. The molecule has 0 aromatic carbocycles. The molecule has 16 heteroatoms. The first-order chi connectivity index (χ1) is 31.1. The molecule has 1 aliphatic heterocycles. The van der Waals surface area contributed by atoms with Crippen LogP contribution in [0.15, 0.2) is 6.20 Å². The number of esters is 2. The zero-order chi connectivity index (χ0) is 46.6. The number of nitrogens with one attached hydrogen (secondary N) is 1. The first-order valence-corrected chi connectivity index (χ1v) is 26.5. The molecular formula is C48H89N5O10S. The summed E-state index contributed by atoms with van der Waals surface area (Å²) in [5, 5.41) is 50.3. The van der Waals surface area contributed by atoms with Crippen LogP contribution in [-0.2, 0) is 28.6 Å². The molecule has 1 amide bonds. The lowest BCUT2D eigenvalue weighted by atomic mass is 9.98. The van der Waals surface area contributed by atoms with E-state index in [0.29, 0.717) is 6.42 Å². The van der Waals surface area contributed by atoms with E-state index in [1.54, 1.807) is 0 Å². The number of nitrogens with zero attached hydrogens (tertiary/aromatic N) is 3. The van der Waals surface area contributed by atoms with Crippen molar-refractivity contribution in [1.82, 2.24) is 15.0 Å². The van der Waals surface area contributed by atoms with Gasteiger partial charge in [-0.15, -0.1) is 5.10 Å². The van der Waals surface area contributed by atoms with Gasteiger partial charge in [0.15, 0.2) is 12.0 Å². The van der Waals surface area contributed by atoms with Crippen LogP contribution in [0.1, 0.15) is 213 Å². The first kappa shape index (κ1) is 57.8. The van der Waals surface area contributed by atoms with E-state index < -0.39 is 55.3 Å². The Balaban J connectivity index is 1.74. The van der Waals surface area contributed by atoms with Crippen molar-refractivity contribution in [2.24, 2.45) is 5.73 Å². The van der Waals surface area contributed by atoms with Crippen molar-refractivity contribution in [2.45, 2.75) is 249 Å². The predicted molar refractivity (Wildman–Crippen MR) is 254 cm³/mol. The van der Waals surface area contributed by atoms with E-state index in [-0.39, 0.29) is 42.3 Å². The highest BCUT2D eigenvalue weighted by Gasteiger charge is 2.44. The molecule has 7 N–H and O–H groups in total. The van der Waals surface area contributed by atoms with Gasteiger partial charge in [-0.25, -0.2) is 4.68 Å². The maximum Gasteiger partial charge on any atom is 0.306 e. The number of thioether (sulfide) groups is 1. The topological polar surface area (TPSA) is 229 Å². The third-order valence-corrected chi connectivity index (χ3v) is 13.2. The smallest absolute Gasteiger partial charge is 0.306 e. The molecule has 1 fully saturated rings. The lowest BCUT2D eigenvalue weighted by molar-refractivity contribution is -0.254. The normalized spacial score (nSPS) is 19.6. The zero-order valence-electron chi connectivity index (χ0n) is 39.7. The Morgan fingerprint density at radius 2 is 1.14 bits per heavy atom. The van der Waals surface area contributed by atoms with Crippen LogP contribution in [0, 0.1) is 0 Å². The molecule has 2 heterocycles. The molecule has 372 valence electrons. The summed E-state index contributed by atoms with van der Waals surface area (Å²) < 4.78 is 17.9. The average molecular weight is 928 g/mol. The summed E-state index contributed by atoms with van der Waals surface area (Å²) in [5.41, 5.74) is 6.19. The number of hydrogen-bond donors (Lipinski definition) is 6. The van der Waals surface area contributed by atoms with Crippen LogP contribution in [0.3, 0.4) is 0 Å². The quantitative estimate of drug-likeness (QED) is 0.0268. The molecule has 0 radical (unpaired) electrons. The van der Waals surface area contributed by atoms with E-state index in [2.05, 4.69) is 29.5 Å². The van der Waals surface area contributed by atoms with E-state index >= 15 is 0 Å². The minimum atomic E-state index is -1.60. The maximum absolute atomic E-state index is 12.9. The number of unbranched alkanes of at least 4 members (excludes halogenated alkanes) is 26. The molecule has 1 aromatic rings. The van der Waals surface area contributed by atoms with Crippen LogP contribution in [0.2, 0.25) is 0 Å². The van der Waals surface area contributed by atoms with E-state index in [1.165, 1.54) is 159 Å². The number of anilines is 1. The summed E-state index contributed by atoms with van der Waals surface area (Å²) in [6.07, 6.45) is 28.5. The zero-order valence-corrected chi connectivity index (χ0v) is 40.5. The summed E-state index contributed by atoms with van der Waals surface area (Å²) >= 11 is 1.30. The number of amides is 1. The highest BCUT2D eigenvalue weighted by atomic mass is 32.2. The Morgan fingerprint density at radius 3 is 1.61 bits per heavy atom. The Labute approximate surface area is 389 Å². The number of aliphatic hydroxyl groups is 4. The Bertz CT molecular complexity index is 1330. The van der Waals surface area contributed by atoms with Crippen LogP contribution in [0.25, 0.3) is 0 Å². The number of ether oxygens (including phenoxy) is 3. The minimum Gasteiger partial charge on any atom is -0.462 e. The van der Waals surface area contributed by atoms with Crippen molar-refractivity contribution >= 4 is 35.4 Å². The Hall–Kier alpha value is -2.34. The van der Waals surface area contributed by atoms with E-state index in [4.69, 9.17) is 19.9 Å². The van der Waals surface area contributed by atoms with Gasteiger partial charge in [0.25, 0.3) is 0 Å². The Morgan fingerprint density at radius 1 is 0.688 bits per heavy atom. The van der Waals surface area contributed by atoms with E-state index in [1.807, 2.05) is 0 Å². The van der Waals surface area contributed by atoms with Crippen molar-refractivity contribution in [3.63, 3.8) is 0 Å². The van der Waals surface area contributed by atoms with Gasteiger partial charge in [-0.05, 0) is 12.8 Å². The van der Waals surface area contributed by atoms with Gasteiger partial charge < -0.3 is 45.7 Å². The van der Waals surface area contributed by atoms with Crippen molar-refractivity contribution in [3.05, 3.63) is 6.20 Å². The maximum atomic E-state index is 12.9. The van der Waals surface area contributed by atoms with Crippen LogP contribution < -0.4 is 11.1 Å².